The second kappa shape index (κ2) is 2.75. The van der Waals surface area contributed by atoms with Gasteiger partial charge in [0.25, 0.3) is 0 Å². The van der Waals surface area contributed by atoms with E-state index in [-0.39, 0.29) is 5.54 Å². The molecular weight excluding hydrogens is 229 g/mol. The van der Waals surface area contributed by atoms with E-state index in [0.29, 0.717) is 10.0 Å². The van der Waals surface area contributed by atoms with Gasteiger partial charge in [0.2, 0.25) is 10.0 Å². The van der Waals surface area contributed by atoms with Crippen LogP contribution in [0.4, 0.5) is 0 Å². The van der Waals surface area contributed by atoms with Crippen molar-refractivity contribution in [2.24, 2.45) is 0 Å². The normalized spacial score (nSPS) is 12.1. The molecule has 0 aliphatic heterocycles. The van der Waals surface area contributed by atoms with Gasteiger partial charge in [-0.3, -0.25) is 4.57 Å². The first-order valence-electron chi connectivity index (χ1n) is 3.20. The minimum absolute atomic E-state index is 0.0839. The molecule has 0 atom stereocenters. The Morgan fingerprint density at radius 3 is 2.09 bits per heavy atom. The molecule has 3 nitrogen and oxygen atoms in total. The largest absolute Gasteiger partial charge is 0.287 e. The van der Waals surface area contributed by atoms with Crippen molar-refractivity contribution in [1.82, 2.24) is 14.8 Å². The highest BCUT2D eigenvalue weighted by Crippen LogP contribution is 2.24. The van der Waals surface area contributed by atoms with Crippen molar-refractivity contribution in [3.05, 3.63) is 10.0 Å². The number of rotatable bonds is 0. The van der Waals surface area contributed by atoms with E-state index in [0.717, 1.165) is 0 Å². The van der Waals surface area contributed by atoms with E-state index < -0.39 is 0 Å². The number of hydrogen-bond acceptors (Lipinski definition) is 2. The molecule has 5 heteroatoms. The Morgan fingerprint density at radius 1 is 1.36 bits per heavy atom. The third-order valence-corrected chi connectivity index (χ3v) is 2.01. The number of halogens is 2. The molecule has 0 N–H and O–H groups in total. The molecule has 0 spiro atoms. The average Bonchev–Trinajstić information content (AvgIpc) is 2.08. The van der Waals surface area contributed by atoms with Gasteiger partial charge >= 0.3 is 0 Å². The second-order valence-corrected chi connectivity index (χ2v) is 4.29. The highest BCUT2D eigenvalue weighted by molar-refractivity contribution is 9.10. The maximum Gasteiger partial charge on any atom is 0.226 e. The van der Waals surface area contributed by atoms with E-state index in [1.165, 1.54) is 0 Å². The first-order chi connectivity index (χ1) is 4.93. The van der Waals surface area contributed by atoms with Crippen LogP contribution >= 0.6 is 27.5 Å². The second-order valence-electron chi connectivity index (χ2n) is 3.24. The predicted molar refractivity (Wildman–Crippen MR) is 47.7 cm³/mol. The standard InChI is InChI=1S/C6H9BrClN3/c1-6(2,3)11-4(7)9-10-5(11)8/h1-3H3. The van der Waals surface area contributed by atoms with E-state index in [4.69, 9.17) is 11.6 Å². The van der Waals surface area contributed by atoms with E-state index in [1.807, 2.05) is 25.3 Å². The fourth-order valence-corrected chi connectivity index (χ4v) is 2.05. The van der Waals surface area contributed by atoms with Crippen LogP contribution in [0.5, 0.6) is 0 Å². The van der Waals surface area contributed by atoms with Crippen molar-refractivity contribution in [1.29, 1.82) is 0 Å². The summed E-state index contributed by atoms with van der Waals surface area (Å²) in [5.41, 5.74) is -0.0839. The summed E-state index contributed by atoms with van der Waals surface area (Å²) < 4.78 is 2.48. The van der Waals surface area contributed by atoms with Crippen molar-refractivity contribution >= 4 is 27.5 Å². The van der Waals surface area contributed by atoms with Crippen molar-refractivity contribution in [2.45, 2.75) is 26.3 Å². The number of aromatic nitrogens is 3. The summed E-state index contributed by atoms with van der Waals surface area (Å²) >= 11 is 9.05. The third kappa shape index (κ3) is 1.73. The Morgan fingerprint density at radius 2 is 1.91 bits per heavy atom. The van der Waals surface area contributed by atoms with Crippen LogP contribution in [0.15, 0.2) is 4.73 Å². The van der Waals surface area contributed by atoms with Gasteiger partial charge in [0.05, 0.1) is 0 Å². The van der Waals surface area contributed by atoms with E-state index >= 15 is 0 Å². The molecular formula is C6H9BrClN3. The number of hydrogen-bond donors (Lipinski definition) is 0. The van der Waals surface area contributed by atoms with Crippen LogP contribution in [0.1, 0.15) is 20.8 Å². The lowest BCUT2D eigenvalue weighted by atomic mass is 10.1. The van der Waals surface area contributed by atoms with Crippen LogP contribution in [0.25, 0.3) is 0 Å². The van der Waals surface area contributed by atoms with E-state index in [2.05, 4.69) is 26.1 Å². The zero-order valence-electron chi connectivity index (χ0n) is 6.60. The summed E-state index contributed by atoms with van der Waals surface area (Å²) in [4.78, 5) is 0. The maximum atomic E-state index is 5.79. The molecule has 0 aliphatic rings. The summed E-state index contributed by atoms with van der Waals surface area (Å²) in [6, 6.07) is 0. The molecule has 11 heavy (non-hydrogen) atoms. The molecule has 1 aromatic heterocycles. The smallest absolute Gasteiger partial charge is 0.226 e. The fraction of sp³-hybridized carbons (Fsp3) is 0.667. The van der Waals surface area contributed by atoms with Gasteiger partial charge in [-0.25, -0.2) is 0 Å². The summed E-state index contributed by atoms with van der Waals surface area (Å²) in [6.07, 6.45) is 0. The summed E-state index contributed by atoms with van der Waals surface area (Å²) in [7, 11) is 0. The van der Waals surface area contributed by atoms with Gasteiger partial charge in [0.1, 0.15) is 0 Å². The lowest BCUT2D eigenvalue weighted by molar-refractivity contribution is 0.388. The molecule has 0 fully saturated rings. The van der Waals surface area contributed by atoms with Crippen LogP contribution in [0, 0.1) is 0 Å². The van der Waals surface area contributed by atoms with Crippen molar-refractivity contribution in [3.8, 4) is 0 Å². The predicted octanol–water partition coefficient (Wildman–Crippen LogP) is 2.45. The van der Waals surface area contributed by atoms with Crippen LogP contribution in [-0.2, 0) is 5.54 Å². The van der Waals surface area contributed by atoms with Gasteiger partial charge < -0.3 is 0 Å². The monoisotopic (exact) mass is 237 g/mol. The Hall–Kier alpha value is -0.0900. The lowest BCUT2D eigenvalue weighted by Crippen LogP contribution is -2.22. The van der Waals surface area contributed by atoms with Crippen molar-refractivity contribution < 1.29 is 0 Å². The number of nitrogens with zero attached hydrogens (tertiary/aromatic N) is 3. The molecule has 0 saturated carbocycles. The highest BCUT2D eigenvalue weighted by Gasteiger charge is 2.20. The van der Waals surface area contributed by atoms with E-state index in [9.17, 15) is 0 Å². The minimum Gasteiger partial charge on any atom is -0.287 e. The average molecular weight is 239 g/mol. The van der Waals surface area contributed by atoms with E-state index in [1.54, 1.807) is 0 Å². The van der Waals surface area contributed by atoms with Crippen LogP contribution in [-0.4, -0.2) is 14.8 Å². The van der Waals surface area contributed by atoms with Crippen LogP contribution in [0.2, 0.25) is 5.28 Å². The topological polar surface area (TPSA) is 30.7 Å². The summed E-state index contributed by atoms with van der Waals surface area (Å²) in [6.45, 7) is 6.10. The summed E-state index contributed by atoms with van der Waals surface area (Å²) in [5.74, 6) is 0. The fourth-order valence-electron chi connectivity index (χ4n) is 0.802. The first kappa shape index (κ1) is 9.00. The molecule has 0 radical (unpaired) electrons. The maximum absolute atomic E-state index is 5.79. The Balaban J connectivity index is 3.21. The quantitative estimate of drug-likeness (QED) is 0.695. The van der Waals surface area contributed by atoms with Crippen molar-refractivity contribution in [3.63, 3.8) is 0 Å². The SMILES string of the molecule is CC(C)(C)n1c(Cl)nnc1Br. The molecule has 1 heterocycles. The van der Waals surface area contributed by atoms with Crippen LogP contribution in [0.3, 0.4) is 0 Å². The molecule has 62 valence electrons. The first-order valence-corrected chi connectivity index (χ1v) is 4.37. The zero-order valence-corrected chi connectivity index (χ0v) is 8.94. The van der Waals surface area contributed by atoms with Gasteiger partial charge in [-0.2, -0.15) is 0 Å². The molecule has 0 amide bonds. The molecule has 0 bridgehead atoms. The summed E-state index contributed by atoms with van der Waals surface area (Å²) in [5, 5.41) is 7.90. The Kier molecular flexibility index (Phi) is 2.25. The molecule has 0 unspecified atom stereocenters. The molecule has 0 aromatic carbocycles. The minimum atomic E-state index is -0.0839. The zero-order chi connectivity index (χ0) is 8.65. The van der Waals surface area contributed by atoms with Gasteiger partial charge in [-0.15, -0.1) is 10.2 Å². The van der Waals surface area contributed by atoms with Gasteiger partial charge in [0, 0.05) is 5.54 Å². The third-order valence-electron chi connectivity index (χ3n) is 1.25. The van der Waals surface area contributed by atoms with Gasteiger partial charge in [-0.1, -0.05) is 0 Å². The van der Waals surface area contributed by atoms with Crippen LogP contribution < -0.4 is 0 Å². The lowest BCUT2D eigenvalue weighted by Gasteiger charge is -2.21. The van der Waals surface area contributed by atoms with Crippen molar-refractivity contribution in [2.75, 3.05) is 0 Å². The van der Waals surface area contributed by atoms with Gasteiger partial charge in [0.15, 0.2) is 0 Å². The molecule has 0 aliphatic carbocycles. The molecule has 1 aromatic rings. The molecule has 0 saturated heterocycles. The molecule has 1 rings (SSSR count). The van der Waals surface area contributed by atoms with Gasteiger partial charge in [-0.05, 0) is 48.3 Å². The Bertz CT molecular complexity index is 244. The Labute approximate surface area is 78.9 Å². The highest BCUT2D eigenvalue weighted by atomic mass is 79.9.